The van der Waals surface area contributed by atoms with Gasteiger partial charge in [-0.1, -0.05) is 0 Å². The molecule has 0 radical (unpaired) electrons. The Balaban J connectivity index is 3.41. The third-order valence-corrected chi connectivity index (χ3v) is 1.30. The van der Waals surface area contributed by atoms with E-state index in [-0.39, 0.29) is 5.91 Å². The van der Waals surface area contributed by atoms with Gasteiger partial charge in [-0.2, -0.15) is 0 Å². The summed E-state index contributed by atoms with van der Waals surface area (Å²) >= 11 is 0. The number of rotatable bonds is 4. The van der Waals surface area contributed by atoms with Crippen LogP contribution >= 0.6 is 0 Å². The predicted octanol–water partition coefficient (Wildman–Crippen LogP) is -1.20. The van der Waals surface area contributed by atoms with Crippen LogP contribution in [0.15, 0.2) is 0 Å². The van der Waals surface area contributed by atoms with E-state index in [2.05, 4.69) is 5.32 Å². The van der Waals surface area contributed by atoms with Crippen molar-refractivity contribution in [1.29, 1.82) is 0 Å². The van der Waals surface area contributed by atoms with Crippen LogP contribution in [0.1, 0.15) is 12.8 Å². The SMILES string of the molecule is CNC(=O)C(N)CCCN. The molecule has 4 heteroatoms. The zero-order valence-corrected chi connectivity index (χ0v) is 6.26. The summed E-state index contributed by atoms with van der Waals surface area (Å²) in [7, 11) is 1.57. The van der Waals surface area contributed by atoms with Gasteiger partial charge in [-0.25, -0.2) is 0 Å². The van der Waals surface area contributed by atoms with Gasteiger partial charge in [0.15, 0.2) is 0 Å². The maximum atomic E-state index is 10.7. The Hall–Kier alpha value is -0.610. The topological polar surface area (TPSA) is 81.1 Å². The smallest absolute Gasteiger partial charge is 0.236 e. The Morgan fingerprint density at radius 1 is 1.70 bits per heavy atom. The monoisotopic (exact) mass is 145 g/mol. The molecule has 10 heavy (non-hydrogen) atoms. The first-order chi connectivity index (χ1) is 4.72. The van der Waals surface area contributed by atoms with Gasteiger partial charge in [0.2, 0.25) is 5.91 Å². The quantitative estimate of drug-likeness (QED) is 0.464. The first-order valence-electron chi connectivity index (χ1n) is 3.39. The molecule has 0 bridgehead atoms. The summed E-state index contributed by atoms with van der Waals surface area (Å²) in [4.78, 5) is 10.7. The highest BCUT2D eigenvalue weighted by Gasteiger charge is 2.09. The van der Waals surface area contributed by atoms with Crippen LogP contribution in [0.5, 0.6) is 0 Å². The fourth-order valence-corrected chi connectivity index (χ4v) is 0.654. The van der Waals surface area contributed by atoms with Crippen LogP contribution in [0.3, 0.4) is 0 Å². The van der Waals surface area contributed by atoms with Crippen molar-refractivity contribution in [3.05, 3.63) is 0 Å². The van der Waals surface area contributed by atoms with E-state index in [0.29, 0.717) is 13.0 Å². The number of hydrogen-bond donors (Lipinski definition) is 3. The summed E-state index contributed by atoms with van der Waals surface area (Å²) in [5, 5.41) is 2.47. The minimum atomic E-state index is -0.395. The Bertz CT molecular complexity index is 105. The van der Waals surface area contributed by atoms with Gasteiger partial charge in [0.1, 0.15) is 0 Å². The van der Waals surface area contributed by atoms with E-state index in [4.69, 9.17) is 11.5 Å². The third-order valence-electron chi connectivity index (χ3n) is 1.30. The molecule has 0 saturated heterocycles. The average Bonchev–Trinajstić information content (AvgIpc) is 1.98. The molecule has 1 unspecified atom stereocenters. The second-order valence-electron chi connectivity index (χ2n) is 2.15. The van der Waals surface area contributed by atoms with Crippen LogP contribution in [0.2, 0.25) is 0 Å². The summed E-state index contributed by atoms with van der Waals surface area (Å²) in [5.74, 6) is -0.117. The van der Waals surface area contributed by atoms with E-state index in [1.165, 1.54) is 0 Å². The summed E-state index contributed by atoms with van der Waals surface area (Å²) in [6.07, 6.45) is 1.46. The van der Waals surface area contributed by atoms with Gasteiger partial charge in [0.05, 0.1) is 6.04 Å². The standard InChI is InChI=1S/C6H15N3O/c1-9-6(10)5(8)3-2-4-7/h5H,2-4,7-8H2,1H3,(H,9,10). The fourth-order valence-electron chi connectivity index (χ4n) is 0.654. The molecule has 0 aromatic rings. The van der Waals surface area contributed by atoms with E-state index in [0.717, 1.165) is 6.42 Å². The minimum Gasteiger partial charge on any atom is -0.358 e. The maximum Gasteiger partial charge on any atom is 0.236 e. The maximum absolute atomic E-state index is 10.7. The molecule has 0 saturated carbocycles. The number of nitrogens with two attached hydrogens (primary N) is 2. The number of carbonyl (C=O) groups is 1. The van der Waals surface area contributed by atoms with Gasteiger partial charge in [0.25, 0.3) is 0 Å². The molecule has 1 amide bonds. The van der Waals surface area contributed by atoms with Gasteiger partial charge in [0, 0.05) is 7.05 Å². The van der Waals surface area contributed by atoms with Crippen LogP contribution < -0.4 is 16.8 Å². The van der Waals surface area contributed by atoms with Crippen molar-refractivity contribution in [2.45, 2.75) is 18.9 Å². The molecular formula is C6H15N3O. The number of carbonyl (C=O) groups excluding carboxylic acids is 1. The lowest BCUT2D eigenvalue weighted by Gasteiger charge is -2.07. The number of amides is 1. The Morgan fingerprint density at radius 3 is 2.70 bits per heavy atom. The highest BCUT2D eigenvalue weighted by molar-refractivity contribution is 5.81. The molecule has 5 N–H and O–H groups in total. The minimum absolute atomic E-state index is 0.117. The number of nitrogens with one attached hydrogen (secondary N) is 1. The molecule has 4 nitrogen and oxygen atoms in total. The predicted molar refractivity (Wildman–Crippen MR) is 40.3 cm³/mol. The molecule has 0 spiro atoms. The van der Waals surface area contributed by atoms with Crippen molar-refractivity contribution in [1.82, 2.24) is 5.32 Å². The van der Waals surface area contributed by atoms with Crippen molar-refractivity contribution in [3.63, 3.8) is 0 Å². The number of likely N-dealkylation sites (N-methyl/N-ethyl adjacent to an activating group) is 1. The lowest BCUT2D eigenvalue weighted by Crippen LogP contribution is -2.38. The van der Waals surface area contributed by atoms with Crippen molar-refractivity contribution < 1.29 is 4.79 Å². The molecule has 0 aromatic heterocycles. The van der Waals surface area contributed by atoms with E-state index in [1.807, 2.05) is 0 Å². The summed E-state index contributed by atoms with van der Waals surface area (Å²) in [5.41, 5.74) is 10.7. The highest BCUT2D eigenvalue weighted by atomic mass is 16.2. The molecule has 60 valence electrons. The van der Waals surface area contributed by atoms with E-state index in [1.54, 1.807) is 7.05 Å². The molecule has 0 heterocycles. The second-order valence-corrected chi connectivity index (χ2v) is 2.15. The summed E-state index contributed by atoms with van der Waals surface area (Å²) in [6.45, 7) is 0.588. The Labute approximate surface area is 61.0 Å². The molecule has 1 atom stereocenters. The zero-order valence-electron chi connectivity index (χ0n) is 6.26. The van der Waals surface area contributed by atoms with Crippen molar-refractivity contribution in [2.75, 3.05) is 13.6 Å². The van der Waals surface area contributed by atoms with Crippen molar-refractivity contribution in [3.8, 4) is 0 Å². The van der Waals surface area contributed by atoms with Crippen molar-refractivity contribution in [2.24, 2.45) is 11.5 Å². The Kier molecular flexibility index (Phi) is 4.88. The van der Waals surface area contributed by atoms with E-state index < -0.39 is 6.04 Å². The van der Waals surface area contributed by atoms with Crippen LogP contribution in [-0.2, 0) is 4.79 Å². The van der Waals surface area contributed by atoms with Crippen molar-refractivity contribution >= 4 is 5.91 Å². The van der Waals surface area contributed by atoms with E-state index >= 15 is 0 Å². The summed E-state index contributed by atoms with van der Waals surface area (Å²) < 4.78 is 0. The lowest BCUT2D eigenvalue weighted by atomic mass is 10.1. The highest BCUT2D eigenvalue weighted by Crippen LogP contribution is 1.91. The Morgan fingerprint density at radius 2 is 2.30 bits per heavy atom. The van der Waals surface area contributed by atoms with E-state index in [9.17, 15) is 4.79 Å². The average molecular weight is 145 g/mol. The number of hydrogen-bond acceptors (Lipinski definition) is 3. The fraction of sp³-hybridized carbons (Fsp3) is 0.833. The molecule has 0 fully saturated rings. The van der Waals surface area contributed by atoms with Gasteiger partial charge in [-0.15, -0.1) is 0 Å². The molecule has 0 aliphatic heterocycles. The molecule has 0 aliphatic rings. The van der Waals surface area contributed by atoms with Crippen LogP contribution in [0.4, 0.5) is 0 Å². The molecular weight excluding hydrogens is 130 g/mol. The largest absolute Gasteiger partial charge is 0.358 e. The molecule has 0 aromatic carbocycles. The van der Waals surface area contributed by atoms with Crippen LogP contribution in [0, 0.1) is 0 Å². The van der Waals surface area contributed by atoms with Gasteiger partial charge in [-0.3, -0.25) is 4.79 Å². The normalized spacial score (nSPS) is 12.7. The van der Waals surface area contributed by atoms with Gasteiger partial charge >= 0.3 is 0 Å². The summed E-state index contributed by atoms with van der Waals surface area (Å²) in [6, 6.07) is -0.395. The second kappa shape index (κ2) is 5.20. The first kappa shape index (κ1) is 9.39. The molecule has 0 rings (SSSR count). The lowest BCUT2D eigenvalue weighted by molar-refractivity contribution is -0.122. The third kappa shape index (κ3) is 3.42. The van der Waals surface area contributed by atoms with Gasteiger partial charge in [-0.05, 0) is 19.4 Å². The first-order valence-corrected chi connectivity index (χ1v) is 3.39. The van der Waals surface area contributed by atoms with Crippen LogP contribution in [0.25, 0.3) is 0 Å². The molecule has 0 aliphatic carbocycles. The van der Waals surface area contributed by atoms with Crippen LogP contribution in [-0.4, -0.2) is 25.5 Å². The van der Waals surface area contributed by atoms with Gasteiger partial charge < -0.3 is 16.8 Å². The zero-order chi connectivity index (χ0) is 7.98.